The Balaban J connectivity index is 3.14. The van der Waals surface area contributed by atoms with E-state index < -0.39 is 19.3 Å². The molecular formula is C3H8O3. The third kappa shape index (κ3) is 2.14. The standard InChI is InChI=1S/C3H8O3/c4-1-3(6)2-5/h3-6H,1-2H2/i1D,2+1,3+1/t1?,3-/m1/s1. The minimum atomic E-state index is -1.58. The van der Waals surface area contributed by atoms with Crippen LogP contribution in [0.2, 0.25) is 0 Å². The Hall–Kier alpha value is -0.120. The summed E-state index contributed by atoms with van der Waals surface area (Å²) in [5.74, 6) is 0. The summed E-state index contributed by atoms with van der Waals surface area (Å²) in [7, 11) is 0. The van der Waals surface area contributed by atoms with E-state index in [1.807, 2.05) is 0 Å². The lowest BCUT2D eigenvalue weighted by atomic mass is 11.0. The van der Waals surface area contributed by atoms with E-state index in [0.29, 0.717) is 0 Å². The van der Waals surface area contributed by atoms with Gasteiger partial charge in [0.15, 0.2) is 0 Å². The van der Waals surface area contributed by atoms with Gasteiger partial charge < -0.3 is 15.3 Å². The Morgan fingerprint density at radius 1 is 1.67 bits per heavy atom. The van der Waals surface area contributed by atoms with Crippen LogP contribution in [0.25, 0.3) is 0 Å². The van der Waals surface area contributed by atoms with E-state index >= 15 is 0 Å². The Labute approximate surface area is 37.3 Å². The van der Waals surface area contributed by atoms with Crippen molar-refractivity contribution in [3.05, 3.63) is 0 Å². The number of aliphatic hydroxyl groups excluding tert-OH is 3. The van der Waals surface area contributed by atoms with Gasteiger partial charge in [0, 0.05) is 0 Å². The maximum Gasteiger partial charge on any atom is 0.100 e. The normalized spacial score (nSPS) is 22.2. The number of hydrogen-bond donors (Lipinski definition) is 3. The summed E-state index contributed by atoms with van der Waals surface area (Å²) >= 11 is 0. The van der Waals surface area contributed by atoms with Crippen molar-refractivity contribution in [2.75, 3.05) is 13.2 Å². The summed E-state index contributed by atoms with van der Waals surface area (Å²) in [6.07, 6.45) is -1.32. The van der Waals surface area contributed by atoms with Gasteiger partial charge in [-0.1, -0.05) is 0 Å². The van der Waals surface area contributed by atoms with Gasteiger partial charge in [-0.3, -0.25) is 0 Å². The molecule has 0 radical (unpaired) electrons. The Kier molecular flexibility index (Phi) is 2.08. The van der Waals surface area contributed by atoms with Crippen LogP contribution in [0.1, 0.15) is 1.37 Å². The molecule has 1 unspecified atom stereocenters. The van der Waals surface area contributed by atoms with E-state index in [2.05, 4.69) is 0 Å². The molecule has 0 saturated heterocycles. The highest BCUT2D eigenvalue weighted by Gasteiger charge is 1.93. The van der Waals surface area contributed by atoms with Crippen molar-refractivity contribution in [2.24, 2.45) is 0 Å². The third-order valence-corrected chi connectivity index (χ3v) is 0.359. The van der Waals surface area contributed by atoms with Gasteiger partial charge in [-0.25, -0.2) is 0 Å². The molecule has 0 spiro atoms. The van der Waals surface area contributed by atoms with Crippen LogP contribution in [0, 0.1) is 0 Å². The van der Waals surface area contributed by atoms with Crippen molar-refractivity contribution in [1.29, 1.82) is 0 Å². The zero-order valence-electron chi connectivity index (χ0n) is 4.20. The molecule has 3 heteroatoms. The molecule has 38 valence electrons. The molecular weight excluding hydrogens is 86.0 g/mol. The summed E-state index contributed by atoms with van der Waals surface area (Å²) in [6.45, 7) is -2.14. The van der Waals surface area contributed by atoms with E-state index in [1.54, 1.807) is 0 Å². The molecule has 0 heterocycles. The van der Waals surface area contributed by atoms with E-state index in [0.717, 1.165) is 0 Å². The van der Waals surface area contributed by atoms with Crippen molar-refractivity contribution < 1.29 is 16.7 Å². The second-order valence-electron chi connectivity index (χ2n) is 0.899. The smallest absolute Gasteiger partial charge is 0.100 e. The molecule has 0 aliphatic heterocycles. The summed E-state index contributed by atoms with van der Waals surface area (Å²) in [5, 5.41) is 24.3. The Morgan fingerprint density at radius 3 is 2.17 bits per heavy atom. The van der Waals surface area contributed by atoms with Crippen LogP contribution in [0.4, 0.5) is 0 Å². The molecule has 0 aromatic rings. The molecule has 0 amide bonds. The van der Waals surface area contributed by atoms with Gasteiger partial charge in [-0.2, -0.15) is 0 Å². The van der Waals surface area contributed by atoms with Crippen LogP contribution < -0.4 is 0 Å². The van der Waals surface area contributed by atoms with Crippen LogP contribution in [-0.4, -0.2) is 34.6 Å². The lowest BCUT2D eigenvalue weighted by Crippen LogP contribution is -2.15. The van der Waals surface area contributed by atoms with E-state index in [4.69, 9.17) is 16.7 Å². The fourth-order valence-electron chi connectivity index (χ4n) is 0.0471. The van der Waals surface area contributed by atoms with Crippen LogP contribution in [0.3, 0.4) is 0 Å². The first kappa shape index (κ1) is 4.05. The Morgan fingerprint density at radius 2 is 2.17 bits per heavy atom. The zero-order chi connectivity index (χ0) is 5.86. The lowest BCUT2D eigenvalue weighted by molar-refractivity contribution is 0.0450. The van der Waals surface area contributed by atoms with Crippen LogP contribution in [0.5, 0.6) is 0 Å². The highest BCUT2D eigenvalue weighted by molar-refractivity contribution is 4.43. The lowest BCUT2D eigenvalue weighted by Gasteiger charge is -1.96. The summed E-state index contributed by atoms with van der Waals surface area (Å²) in [4.78, 5) is 0. The summed E-state index contributed by atoms with van der Waals surface area (Å²) < 4.78 is 6.33. The van der Waals surface area contributed by atoms with Gasteiger partial charge in [0.1, 0.15) is 6.10 Å². The number of hydrogen-bond acceptors (Lipinski definition) is 3. The van der Waals surface area contributed by atoms with E-state index in [9.17, 15) is 0 Å². The molecule has 0 aromatic heterocycles. The predicted octanol–water partition coefficient (Wildman–Crippen LogP) is -1.67. The predicted molar refractivity (Wildman–Crippen MR) is 20.2 cm³/mol. The first-order valence-corrected chi connectivity index (χ1v) is 1.57. The second-order valence-corrected chi connectivity index (χ2v) is 0.899. The molecule has 0 aromatic carbocycles. The van der Waals surface area contributed by atoms with Crippen molar-refractivity contribution >= 4 is 0 Å². The molecule has 0 bridgehead atoms. The SMILES string of the molecule is [2H]C(O)[13C@@H](O)[13CH2]O. The van der Waals surface area contributed by atoms with E-state index in [1.165, 1.54) is 0 Å². The first-order chi connectivity index (χ1) is 3.18. The van der Waals surface area contributed by atoms with E-state index in [-0.39, 0.29) is 0 Å². The highest BCUT2D eigenvalue weighted by Crippen LogP contribution is 1.71. The van der Waals surface area contributed by atoms with Crippen LogP contribution in [0.15, 0.2) is 0 Å². The zero-order valence-corrected chi connectivity index (χ0v) is 3.20. The second kappa shape index (κ2) is 3.08. The summed E-state index contributed by atoms with van der Waals surface area (Å²) in [6, 6.07) is 0. The monoisotopic (exact) mass is 95.1 g/mol. The van der Waals surface area contributed by atoms with Crippen molar-refractivity contribution in [1.82, 2.24) is 0 Å². The highest BCUT2D eigenvalue weighted by atomic mass is 16.5. The maximum absolute atomic E-state index is 8.25. The van der Waals surface area contributed by atoms with Crippen LogP contribution in [-0.2, 0) is 0 Å². The van der Waals surface area contributed by atoms with Gasteiger partial charge >= 0.3 is 0 Å². The van der Waals surface area contributed by atoms with Gasteiger partial charge in [0.25, 0.3) is 0 Å². The van der Waals surface area contributed by atoms with Crippen molar-refractivity contribution in [2.45, 2.75) is 6.10 Å². The van der Waals surface area contributed by atoms with Crippen molar-refractivity contribution in [3.63, 3.8) is 0 Å². The average Bonchev–Trinajstić information content (AvgIpc) is 1.65. The molecule has 2 atom stereocenters. The molecule has 0 fully saturated rings. The fraction of sp³-hybridized carbons (Fsp3) is 1.00. The number of aliphatic hydroxyl groups is 3. The minimum absolute atomic E-state index is 0.565. The molecule has 0 aliphatic rings. The topological polar surface area (TPSA) is 60.7 Å². The van der Waals surface area contributed by atoms with Gasteiger partial charge in [-0.15, -0.1) is 0 Å². The quantitative estimate of drug-likeness (QED) is 0.359. The average molecular weight is 95.1 g/mol. The molecule has 3 nitrogen and oxygen atoms in total. The van der Waals surface area contributed by atoms with Crippen LogP contribution >= 0.6 is 0 Å². The fourth-order valence-corrected chi connectivity index (χ4v) is 0.0471. The first-order valence-electron chi connectivity index (χ1n) is 2.15. The maximum atomic E-state index is 8.25. The molecule has 0 rings (SSSR count). The van der Waals surface area contributed by atoms with Gasteiger partial charge in [0.2, 0.25) is 0 Å². The van der Waals surface area contributed by atoms with Gasteiger partial charge in [0.05, 0.1) is 14.6 Å². The summed E-state index contributed by atoms with van der Waals surface area (Å²) in [5.41, 5.74) is 0. The molecule has 6 heavy (non-hydrogen) atoms. The molecule has 3 N–H and O–H groups in total. The van der Waals surface area contributed by atoms with Gasteiger partial charge in [-0.05, 0) is 0 Å². The third-order valence-electron chi connectivity index (χ3n) is 0.359. The number of rotatable bonds is 2. The minimum Gasteiger partial charge on any atom is -0.394 e. The van der Waals surface area contributed by atoms with Crippen molar-refractivity contribution in [3.8, 4) is 0 Å². The largest absolute Gasteiger partial charge is 0.394 e. The Bertz CT molecular complexity index is 47.4. The molecule has 0 saturated carbocycles. The molecule has 0 aliphatic carbocycles.